The molecule has 0 atom stereocenters. The maximum atomic E-state index is 13.0. The van der Waals surface area contributed by atoms with Crippen LogP contribution in [0.1, 0.15) is 28.1 Å². The van der Waals surface area contributed by atoms with E-state index in [4.69, 9.17) is 9.47 Å². The highest BCUT2D eigenvalue weighted by atomic mass is 16.5. The third kappa shape index (κ3) is 4.72. The van der Waals surface area contributed by atoms with Crippen LogP contribution in [0.3, 0.4) is 0 Å². The molecule has 3 aromatic rings. The highest BCUT2D eigenvalue weighted by molar-refractivity contribution is 5.91. The second kappa shape index (κ2) is 9.22. The van der Waals surface area contributed by atoms with Gasteiger partial charge in [-0.2, -0.15) is 5.10 Å². The molecule has 7 nitrogen and oxygen atoms in total. The first kappa shape index (κ1) is 20.9. The van der Waals surface area contributed by atoms with Crippen molar-refractivity contribution < 1.29 is 14.3 Å². The molecule has 0 spiro atoms. The fourth-order valence-electron chi connectivity index (χ4n) is 3.91. The number of benzene rings is 2. The number of anilines is 1. The number of urea groups is 1. The lowest BCUT2D eigenvalue weighted by atomic mass is 10.1. The molecule has 7 heteroatoms. The standard InChI is InChI=1S/C24H28N4O3/c1-17-9-10-23(30-3)20(13-17)25-24(29)28-12-11-22-19(14-28)21(26-27(22)2)16-31-15-18-7-5-4-6-8-18/h4-10,13H,11-12,14-16H2,1-3H3,(H,25,29). The van der Waals surface area contributed by atoms with Crippen LogP contribution in [0.25, 0.3) is 0 Å². The number of hydrogen-bond donors (Lipinski definition) is 1. The van der Waals surface area contributed by atoms with Crippen molar-refractivity contribution in [3.05, 3.63) is 76.6 Å². The fraction of sp³-hybridized carbons (Fsp3) is 0.333. The zero-order chi connectivity index (χ0) is 21.8. The molecule has 0 saturated heterocycles. The fourth-order valence-corrected chi connectivity index (χ4v) is 3.91. The van der Waals surface area contributed by atoms with Crippen LogP contribution in [0.5, 0.6) is 5.75 Å². The molecule has 1 aliphatic rings. The molecule has 2 aromatic carbocycles. The molecule has 1 aliphatic heterocycles. The topological polar surface area (TPSA) is 68.6 Å². The Bertz CT molecular complexity index is 1060. The van der Waals surface area contributed by atoms with Crippen LogP contribution in [-0.4, -0.2) is 34.4 Å². The van der Waals surface area contributed by atoms with Crippen molar-refractivity contribution in [2.24, 2.45) is 7.05 Å². The van der Waals surface area contributed by atoms with Crippen molar-refractivity contribution in [3.8, 4) is 5.75 Å². The van der Waals surface area contributed by atoms with Gasteiger partial charge in [-0.1, -0.05) is 36.4 Å². The Morgan fingerprint density at radius 1 is 1.16 bits per heavy atom. The summed E-state index contributed by atoms with van der Waals surface area (Å²) in [6.07, 6.45) is 0.760. The van der Waals surface area contributed by atoms with E-state index in [1.165, 1.54) is 0 Å². The number of hydrogen-bond acceptors (Lipinski definition) is 4. The Labute approximate surface area is 182 Å². The lowest BCUT2D eigenvalue weighted by molar-refractivity contribution is 0.103. The van der Waals surface area contributed by atoms with E-state index in [0.29, 0.717) is 37.7 Å². The van der Waals surface area contributed by atoms with Crippen LogP contribution in [0, 0.1) is 6.92 Å². The maximum absolute atomic E-state index is 13.0. The van der Waals surface area contributed by atoms with Crippen LogP contribution in [0.2, 0.25) is 0 Å². The number of amides is 2. The van der Waals surface area contributed by atoms with Gasteiger partial charge in [-0.3, -0.25) is 4.68 Å². The van der Waals surface area contributed by atoms with Gasteiger partial charge >= 0.3 is 6.03 Å². The SMILES string of the molecule is COc1ccc(C)cc1NC(=O)N1CCc2c(c(COCc3ccccc3)nn2C)C1. The number of nitrogens with zero attached hydrogens (tertiary/aromatic N) is 3. The molecule has 31 heavy (non-hydrogen) atoms. The predicted octanol–water partition coefficient (Wildman–Crippen LogP) is 4.04. The molecule has 0 aliphatic carbocycles. The van der Waals surface area contributed by atoms with Gasteiger partial charge in [-0.15, -0.1) is 0 Å². The number of nitrogens with one attached hydrogen (secondary N) is 1. The summed E-state index contributed by atoms with van der Waals surface area (Å²) in [5.74, 6) is 0.646. The number of carbonyl (C=O) groups is 1. The Morgan fingerprint density at radius 3 is 2.74 bits per heavy atom. The zero-order valence-electron chi connectivity index (χ0n) is 18.2. The quantitative estimate of drug-likeness (QED) is 0.653. The highest BCUT2D eigenvalue weighted by Crippen LogP contribution is 2.27. The lowest BCUT2D eigenvalue weighted by Gasteiger charge is -2.28. The number of ether oxygens (including phenoxy) is 2. The van der Waals surface area contributed by atoms with Crippen LogP contribution in [0.15, 0.2) is 48.5 Å². The first-order valence-electron chi connectivity index (χ1n) is 10.4. The third-order valence-corrected chi connectivity index (χ3v) is 5.56. The third-order valence-electron chi connectivity index (χ3n) is 5.56. The second-order valence-corrected chi connectivity index (χ2v) is 7.78. The van der Waals surface area contributed by atoms with E-state index in [-0.39, 0.29) is 6.03 Å². The van der Waals surface area contributed by atoms with Gasteiger partial charge in [0, 0.05) is 31.3 Å². The minimum Gasteiger partial charge on any atom is -0.495 e. The van der Waals surface area contributed by atoms with Gasteiger partial charge < -0.3 is 19.7 Å². The average Bonchev–Trinajstić information content (AvgIpc) is 3.09. The average molecular weight is 421 g/mol. The molecule has 2 amide bonds. The summed E-state index contributed by atoms with van der Waals surface area (Å²) < 4.78 is 13.2. The first-order valence-corrected chi connectivity index (χ1v) is 10.4. The number of methoxy groups -OCH3 is 1. The van der Waals surface area contributed by atoms with Crippen LogP contribution >= 0.6 is 0 Å². The predicted molar refractivity (Wildman–Crippen MR) is 119 cm³/mol. The Balaban J connectivity index is 1.44. The monoisotopic (exact) mass is 420 g/mol. The van der Waals surface area contributed by atoms with E-state index in [9.17, 15) is 4.79 Å². The maximum Gasteiger partial charge on any atom is 0.322 e. The number of fused-ring (bicyclic) bond motifs is 1. The van der Waals surface area contributed by atoms with E-state index in [1.807, 2.05) is 72.1 Å². The molecule has 2 heterocycles. The largest absolute Gasteiger partial charge is 0.495 e. The minimum absolute atomic E-state index is 0.144. The number of aromatic nitrogens is 2. The molecule has 0 fully saturated rings. The van der Waals surface area contributed by atoms with Gasteiger partial charge in [-0.05, 0) is 30.2 Å². The zero-order valence-corrected chi connectivity index (χ0v) is 18.2. The van der Waals surface area contributed by atoms with E-state index < -0.39 is 0 Å². The number of carbonyl (C=O) groups excluding carboxylic acids is 1. The Kier molecular flexibility index (Phi) is 6.23. The van der Waals surface area contributed by atoms with E-state index in [1.54, 1.807) is 7.11 Å². The van der Waals surface area contributed by atoms with E-state index in [0.717, 1.165) is 34.5 Å². The molecule has 0 unspecified atom stereocenters. The summed E-state index contributed by atoms with van der Waals surface area (Å²) in [6, 6.07) is 15.7. The summed E-state index contributed by atoms with van der Waals surface area (Å²) in [6.45, 7) is 4.08. The van der Waals surface area contributed by atoms with Crippen LogP contribution in [0.4, 0.5) is 10.5 Å². The van der Waals surface area contributed by atoms with Crippen molar-refractivity contribution in [2.45, 2.75) is 33.1 Å². The number of rotatable bonds is 6. The molecular weight excluding hydrogens is 392 g/mol. The van der Waals surface area contributed by atoms with Crippen molar-refractivity contribution in [1.29, 1.82) is 0 Å². The van der Waals surface area contributed by atoms with Gasteiger partial charge in [0.15, 0.2) is 0 Å². The molecule has 1 N–H and O–H groups in total. The second-order valence-electron chi connectivity index (χ2n) is 7.78. The minimum atomic E-state index is -0.144. The molecule has 162 valence electrons. The smallest absolute Gasteiger partial charge is 0.322 e. The Morgan fingerprint density at radius 2 is 1.97 bits per heavy atom. The molecule has 0 bridgehead atoms. The van der Waals surface area contributed by atoms with Gasteiger partial charge in [0.2, 0.25) is 0 Å². The summed E-state index contributed by atoms with van der Waals surface area (Å²) in [7, 11) is 3.55. The van der Waals surface area contributed by atoms with E-state index in [2.05, 4.69) is 10.4 Å². The van der Waals surface area contributed by atoms with Crippen molar-refractivity contribution in [1.82, 2.24) is 14.7 Å². The van der Waals surface area contributed by atoms with Gasteiger partial charge in [0.05, 0.1) is 38.2 Å². The molecule has 0 saturated carbocycles. The Hall–Kier alpha value is -3.32. The van der Waals surface area contributed by atoms with Crippen molar-refractivity contribution in [3.63, 3.8) is 0 Å². The first-order chi connectivity index (χ1) is 15.0. The normalized spacial score (nSPS) is 13.1. The summed E-state index contributed by atoms with van der Waals surface area (Å²) >= 11 is 0. The van der Waals surface area contributed by atoms with Crippen LogP contribution < -0.4 is 10.1 Å². The molecule has 4 rings (SSSR count). The summed E-state index contributed by atoms with van der Waals surface area (Å²) in [5, 5.41) is 7.65. The molecule has 1 aromatic heterocycles. The molecule has 0 radical (unpaired) electrons. The van der Waals surface area contributed by atoms with Crippen molar-refractivity contribution >= 4 is 11.7 Å². The highest BCUT2D eigenvalue weighted by Gasteiger charge is 2.27. The van der Waals surface area contributed by atoms with Gasteiger partial charge in [0.25, 0.3) is 0 Å². The lowest BCUT2D eigenvalue weighted by Crippen LogP contribution is -2.39. The molecular formula is C24H28N4O3. The summed E-state index contributed by atoms with van der Waals surface area (Å²) in [5.41, 5.74) is 5.99. The van der Waals surface area contributed by atoms with Gasteiger partial charge in [0.1, 0.15) is 5.75 Å². The summed E-state index contributed by atoms with van der Waals surface area (Å²) in [4.78, 5) is 14.8. The van der Waals surface area contributed by atoms with E-state index >= 15 is 0 Å². The van der Waals surface area contributed by atoms with Crippen LogP contribution in [-0.2, 0) is 38.0 Å². The van der Waals surface area contributed by atoms with Crippen molar-refractivity contribution in [2.75, 3.05) is 19.0 Å². The van der Waals surface area contributed by atoms with Gasteiger partial charge in [-0.25, -0.2) is 4.79 Å². The number of aryl methyl sites for hydroxylation is 2.